The molecule has 7 nitrogen and oxygen atoms in total. The van der Waals surface area contributed by atoms with E-state index in [2.05, 4.69) is 10.5 Å². The summed E-state index contributed by atoms with van der Waals surface area (Å²) in [6.07, 6.45) is 2.30. The Morgan fingerprint density at radius 3 is 2.50 bits per heavy atom. The van der Waals surface area contributed by atoms with E-state index in [1.807, 2.05) is 65.7 Å². The second kappa shape index (κ2) is 11.2. The summed E-state index contributed by atoms with van der Waals surface area (Å²) in [4.78, 5) is 32.5. The van der Waals surface area contributed by atoms with Gasteiger partial charge in [0.1, 0.15) is 11.5 Å². The number of amides is 2. The molecule has 0 bridgehead atoms. The molecule has 0 aliphatic carbocycles. The van der Waals surface area contributed by atoms with E-state index in [0.717, 1.165) is 69.5 Å². The summed E-state index contributed by atoms with van der Waals surface area (Å²) >= 11 is 3.29. The number of thiazole rings is 1. The highest BCUT2D eigenvalue weighted by molar-refractivity contribution is 7.10. The van der Waals surface area contributed by atoms with Gasteiger partial charge in [0.05, 0.1) is 22.7 Å². The average Bonchev–Trinajstić information content (AvgIpc) is 3.75. The van der Waals surface area contributed by atoms with Gasteiger partial charge in [-0.3, -0.25) is 9.59 Å². The van der Waals surface area contributed by atoms with Gasteiger partial charge in [0.2, 0.25) is 11.8 Å². The maximum Gasteiger partial charge on any atom is 0.248 e. The third-order valence-corrected chi connectivity index (χ3v) is 9.24. The molecule has 9 heteroatoms. The number of carbonyl (C=O) groups excluding carboxylic acids is 2. The van der Waals surface area contributed by atoms with Crippen molar-refractivity contribution in [3.05, 3.63) is 92.6 Å². The van der Waals surface area contributed by atoms with Gasteiger partial charge < -0.3 is 15.2 Å². The number of thiophene rings is 1. The lowest BCUT2D eigenvalue weighted by Crippen LogP contribution is -2.38. The predicted octanol–water partition coefficient (Wildman–Crippen LogP) is 6.55. The molecule has 6 rings (SSSR count). The van der Waals surface area contributed by atoms with Gasteiger partial charge in [0.15, 0.2) is 0 Å². The number of aromatic nitrogens is 2. The van der Waals surface area contributed by atoms with Gasteiger partial charge in [0, 0.05) is 40.4 Å². The second-order valence-corrected chi connectivity index (χ2v) is 11.9. The molecule has 1 fully saturated rings. The minimum Gasteiger partial charge on any atom is -0.366 e. The number of likely N-dealkylation sites (tertiary alicyclic amines) is 1. The highest BCUT2D eigenvalue weighted by atomic mass is 32.1. The molecule has 5 aromatic rings. The first-order valence-electron chi connectivity index (χ1n) is 13.2. The highest BCUT2D eigenvalue weighted by Crippen LogP contribution is 2.39. The lowest BCUT2D eigenvalue weighted by molar-refractivity contribution is -0.131. The summed E-state index contributed by atoms with van der Waals surface area (Å²) in [6.45, 7) is 3.42. The summed E-state index contributed by atoms with van der Waals surface area (Å²) < 4.78 is 5.65. The van der Waals surface area contributed by atoms with Crippen LogP contribution in [-0.4, -0.2) is 39.9 Å². The van der Waals surface area contributed by atoms with E-state index in [0.29, 0.717) is 23.7 Å². The fraction of sp³-hybridized carbons (Fsp3) is 0.226. The number of hydrogen-bond acceptors (Lipinski definition) is 7. The van der Waals surface area contributed by atoms with Gasteiger partial charge in [-0.05, 0) is 60.5 Å². The Bertz CT molecular complexity index is 1660. The largest absolute Gasteiger partial charge is 0.366 e. The fourth-order valence-corrected chi connectivity index (χ4v) is 6.89. The van der Waals surface area contributed by atoms with Crippen molar-refractivity contribution in [2.75, 3.05) is 13.1 Å². The Balaban J connectivity index is 1.20. The predicted molar refractivity (Wildman–Crippen MR) is 158 cm³/mol. The van der Waals surface area contributed by atoms with Gasteiger partial charge in [-0.2, -0.15) is 0 Å². The average molecular weight is 569 g/mol. The molecule has 0 saturated carbocycles. The number of nitrogens with zero attached hydrogens (tertiary/aromatic N) is 3. The zero-order chi connectivity index (χ0) is 27.6. The van der Waals surface area contributed by atoms with Gasteiger partial charge >= 0.3 is 0 Å². The molecule has 40 heavy (non-hydrogen) atoms. The van der Waals surface area contributed by atoms with Crippen LogP contribution in [0.3, 0.4) is 0 Å². The molecule has 3 aromatic heterocycles. The number of primary amides is 1. The smallest absolute Gasteiger partial charge is 0.248 e. The molecular formula is C31H28N4O3S2. The van der Waals surface area contributed by atoms with Crippen molar-refractivity contribution in [3.8, 4) is 33.6 Å². The van der Waals surface area contributed by atoms with Gasteiger partial charge in [-0.15, -0.1) is 22.7 Å². The first-order chi connectivity index (χ1) is 19.5. The van der Waals surface area contributed by atoms with E-state index in [-0.39, 0.29) is 5.91 Å². The van der Waals surface area contributed by atoms with Crippen molar-refractivity contribution in [1.29, 1.82) is 0 Å². The summed E-state index contributed by atoms with van der Waals surface area (Å²) in [5, 5.41) is 9.57. The van der Waals surface area contributed by atoms with Crippen LogP contribution in [0, 0.1) is 6.92 Å². The fourth-order valence-electron chi connectivity index (χ4n) is 5.21. The monoisotopic (exact) mass is 568 g/mol. The van der Waals surface area contributed by atoms with Crippen LogP contribution in [0.5, 0.6) is 0 Å². The van der Waals surface area contributed by atoms with Gasteiger partial charge in [0.25, 0.3) is 0 Å². The number of nitrogens with two attached hydrogens (primary N) is 1. The first kappa shape index (κ1) is 26.2. The van der Waals surface area contributed by atoms with Crippen molar-refractivity contribution in [1.82, 2.24) is 15.0 Å². The Morgan fingerprint density at radius 1 is 1.00 bits per heavy atom. The molecule has 0 radical (unpaired) electrons. The number of piperidine rings is 1. The van der Waals surface area contributed by atoms with Crippen LogP contribution in [0.2, 0.25) is 0 Å². The van der Waals surface area contributed by atoms with Crippen molar-refractivity contribution < 1.29 is 14.1 Å². The van der Waals surface area contributed by atoms with Crippen LogP contribution >= 0.6 is 22.7 Å². The zero-order valence-electron chi connectivity index (χ0n) is 22.0. The van der Waals surface area contributed by atoms with Crippen LogP contribution in [0.15, 0.2) is 75.9 Å². The molecule has 2 amide bonds. The number of carbonyl (C=O) groups is 2. The van der Waals surface area contributed by atoms with Crippen LogP contribution in [0.4, 0.5) is 0 Å². The Morgan fingerprint density at radius 2 is 1.75 bits per heavy atom. The molecule has 4 heterocycles. The van der Waals surface area contributed by atoms with E-state index in [1.165, 1.54) is 0 Å². The summed E-state index contributed by atoms with van der Waals surface area (Å²) in [6, 6.07) is 19.3. The van der Waals surface area contributed by atoms with E-state index in [4.69, 9.17) is 15.2 Å². The Labute approximate surface area is 240 Å². The van der Waals surface area contributed by atoms with Crippen molar-refractivity contribution in [2.24, 2.45) is 5.73 Å². The quantitative estimate of drug-likeness (QED) is 0.240. The van der Waals surface area contributed by atoms with E-state index >= 15 is 0 Å². The van der Waals surface area contributed by atoms with Crippen LogP contribution in [0.25, 0.3) is 33.6 Å². The highest BCUT2D eigenvalue weighted by Gasteiger charge is 2.27. The van der Waals surface area contributed by atoms with Crippen LogP contribution in [-0.2, 0) is 11.2 Å². The first-order valence-corrected chi connectivity index (χ1v) is 14.9. The maximum atomic E-state index is 12.7. The Kier molecular flexibility index (Phi) is 7.32. The van der Waals surface area contributed by atoms with E-state index in [9.17, 15) is 9.59 Å². The summed E-state index contributed by atoms with van der Waals surface area (Å²) in [5.41, 5.74) is 11.2. The van der Waals surface area contributed by atoms with Gasteiger partial charge in [-0.1, -0.05) is 41.6 Å². The van der Waals surface area contributed by atoms with Crippen molar-refractivity contribution >= 4 is 34.5 Å². The molecule has 0 spiro atoms. The molecule has 2 N–H and O–H groups in total. The number of hydrogen-bond donors (Lipinski definition) is 1. The second-order valence-electron chi connectivity index (χ2n) is 9.97. The lowest BCUT2D eigenvalue weighted by Gasteiger charge is -2.31. The molecular weight excluding hydrogens is 541 g/mol. The number of aryl methyl sites for hydroxylation is 1. The molecule has 1 aliphatic heterocycles. The molecule has 2 aromatic carbocycles. The third-order valence-electron chi connectivity index (χ3n) is 7.36. The van der Waals surface area contributed by atoms with Crippen molar-refractivity contribution in [2.45, 2.75) is 32.1 Å². The maximum absolute atomic E-state index is 12.7. The van der Waals surface area contributed by atoms with Crippen LogP contribution < -0.4 is 5.73 Å². The molecule has 0 atom stereocenters. The standard InChI is InChI=1S/C31H28N4O3S2/c1-19-28(29(34-38-19)23-7-2-5-21(15-23)22-6-3-8-24(16-22)30(32)37)26-18-40-31(33-26)20-10-12-35(13-11-20)27(36)17-25-9-4-14-39-25/h2-9,14-16,18,20H,10-13,17H2,1H3,(H2,32,37). The minimum absolute atomic E-state index is 0.203. The zero-order valence-corrected chi connectivity index (χ0v) is 23.6. The number of benzene rings is 2. The van der Waals surface area contributed by atoms with Gasteiger partial charge in [-0.25, -0.2) is 4.98 Å². The normalized spacial score (nSPS) is 14.0. The van der Waals surface area contributed by atoms with Crippen molar-refractivity contribution in [3.63, 3.8) is 0 Å². The molecule has 202 valence electrons. The molecule has 0 unspecified atom stereocenters. The van der Waals surface area contributed by atoms with Crippen LogP contribution in [0.1, 0.15) is 44.8 Å². The topological polar surface area (TPSA) is 102 Å². The minimum atomic E-state index is -0.456. The Hall–Kier alpha value is -4.08. The summed E-state index contributed by atoms with van der Waals surface area (Å²) in [7, 11) is 0. The van der Waals surface area contributed by atoms with E-state index in [1.54, 1.807) is 34.8 Å². The molecule has 1 aliphatic rings. The SMILES string of the molecule is Cc1onc(-c2cccc(-c3cccc(C(N)=O)c3)c2)c1-c1csc(C2CCN(C(=O)Cc3cccs3)CC2)n1. The third kappa shape index (κ3) is 5.35. The number of rotatable bonds is 7. The summed E-state index contributed by atoms with van der Waals surface area (Å²) in [5.74, 6) is 0.785. The molecule has 1 saturated heterocycles. The van der Waals surface area contributed by atoms with E-state index < -0.39 is 5.91 Å². The lowest BCUT2D eigenvalue weighted by atomic mass is 9.96.